The van der Waals surface area contributed by atoms with Crippen molar-refractivity contribution in [2.45, 2.75) is 18.5 Å². The quantitative estimate of drug-likeness (QED) is 0.325. The lowest BCUT2D eigenvalue weighted by atomic mass is 10.1. The van der Waals surface area contributed by atoms with Crippen LogP contribution in [0.3, 0.4) is 0 Å². The number of esters is 1. The fraction of sp³-hybridized carbons (Fsp3) is 0.182. The SMILES string of the molecule is CCCOC(=O)c1ccc(NC(=O)CSc2nc(-c3ccccc3)cc(=O)[nH]2)cc1. The third kappa shape index (κ3) is 6.05. The Morgan fingerprint density at radius 2 is 1.83 bits per heavy atom. The van der Waals surface area contributed by atoms with Gasteiger partial charge in [-0.3, -0.25) is 9.59 Å². The minimum absolute atomic E-state index is 0.0709. The van der Waals surface area contributed by atoms with E-state index in [9.17, 15) is 14.4 Å². The summed E-state index contributed by atoms with van der Waals surface area (Å²) in [7, 11) is 0. The molecule has 0 aliphatic heterocycles. The number of H-pyrrole nitrogens is 1. The number of thioether (sulfide) groups is 1. The second-order valence-electron chi connectivity index (χ2n) is 6.35. The molecule has 0 saturated heterocycles. The van der Waals surface area contributed by atoms with Crippen LogP contribution in [0, 0.1) is 0 Å². The lowest BCUT2D eigenvalue weighted by Gasteiger charge is -2.07. The topological polar surface area (TPSA) is 101 Å². The molecule has 0 aliphatic carbocycles. The average molecular weight is 423 g/mol. The number of rotatable bonds is 8. The van der Waals surface area contributed by atoms with Crippen molar-refractivity contribution in [3.63, 3.8) is 0 Å². The van der Waals surface area contributed by atoms with Crippen LogP contribution in [0.2, 0.25) is 0 Å². The molecule has 7 nitrogen and oxygen atoms in total. The molecule has 0 radical (unpaired) electrons. The summed E-state index contributed by atoms with van der Waals surface area (Å²) >= 11 is 1.14. The summed E-state index contributed by atoms with van der Waals surface area (Å²) in [6.07, 6.45) is 0.756. The van der Waals surface area contributed by atoms with Gasteiger partial charge in [0.15, 0.2) is 5.16 Å². The zero-order valence-electron chi connectivity index (χ0n) is 16.4. The molecule has 30 heavy (non-hydrogen) atoms. The van der Waals surface area contributed by atoms with Gasteiger partial charge in [-0.25, -0.2) is 9.78 Å². The summed E-state index contributed by atoms with van der Waals surface area (Å²) < 4.78 is 5.07. The predicted molar refractivity (Wildman–Crippen MR) is 117 cm³/mol. The van der Waals surface area contributed by atoms with Crippen molar-refractivity contribution in [2.75, 3.05) is 17.7 Å². The Balaban J connectivity index is 1.58. The van der Waals surface area contributed by atoms with Crippen LogP contribution in [0.25, 0.3) is 11.3 Å². The molecule has 154 valence electrons. The zero-order valence-corrected chi connectivity index (χ0v) is 17.2. The lowest BCUT2D eigenvalue weighted by Crippen LogP contribution is -2.15. The maximum atomic E-state index is 12.2. The number of nitrogens with zero attached hydrogens (tertiary/aromatic N) is 1. The third-order valence-corrected chi connectivity index (χ3v) is 4.84. The van der Waals surface area contributed by atoms with Crippen molar-refractivity contribution in [1.82, 2.24) is 9.97 Å². The number of carbonyl (C=O) groups excluding carboxylic acids is 2. The summed E-state index contributed by atoms with van der Waals surface area (Å²) in [5, 5.41) is 3.12. The van der Waals surface area contributed by atoms with E-state index in [1.807, 2.05) is 37.3 Å². The Bertz CT molecular complexity index is 1070. The second kappa shape index (κ2) is 10.4. The van der Waals surface area contributed by atoms with Gasteiger partial charge in [0, 0.05) is 17.3 Å². The Labute approximate surface area is 177 Å². The van der Waals surface area contributed by atoms with E-state index in [-0.39, 0.29) is 17.2 Å². The van der Waals surface area contributed by atoms with Gasteiger partial charge in [-0.1, -0.05) is 49.0 Å². The van der Waals surface area contributed by atoms with Gasteiger partial charge in [0.05, 0.1) is 23.6 Å². The first kappa shape index (κ1) is 21.3. The van der Waals surface area contributed by atoms with Gasteiger partial charge in [0.2, 0.25) is 5.91 Å². The molecule has 0 atom stereocenters. The molecule has 1 amide bonds. The zero-order chi connectivity index (χ0) is 21.3. The summed E-state index contributed by atoms with van der Waals surface area (Å²) in [5.41, 5.74) is 2.08. The molecule has 0 unspecified atom stereocenters. The van der Waals surface area contributed by atoms with Gasteiger partial charge in [0.25, 0.3) is 5.56 Å². The highest BCUT2D eigenvalue weighted by Crippen LogP contribution is 2.19. The van der Waals surface area contributed by atoms with E-state index in [0.29, 0.717) is 28.7 Å². The monoisotopic (exact) mass is 423 g/mol. The van der Waals surface area contributed by atoms with E-state index in [0.717, 1.165) is 23.7 Å². The highest BCUT2D eigenvalue weighted by atomic mass is 32.2. The van der Waals surface area contributed by atoms with Crippen LogP contribution in [0.4, 0.5) is 5.69 Å². The third-order valence-electron chi connectivity index (χ3n) is 3.97. The average Bonchev–Trinajstić information content (AvgIpc) is 2.77. The number of anilines is 1. The Morgan fingerprint density at radius 1 is 1.10 bits per heavy atom. The van der Waals surface area contributed by atoms with E-state index in [1.165, 1.54) is 6.07 Å². The molecule has 0 fully saturated rings. The first-order valence-corrected chi connectivity index (χ1v) is 10.4. The van der Waals surface area contributed by atoms with Crippen LogP contribution in [0.1, 0.15) is 23.7 Å². The van der Waals surface area contributed by atoms with Gasteiger partial charge < -0.3 is 15.0 Å². The minimum atomic E-state index is -0.390. The molecule has 0 saturated carbocycles. The van der Waals surface area contributed by atoms with Crippen molar-refractivity contribution < 1.29 is 14.3 Å². The van der Waals surface area contributed by atoms with E-state index < -0.39 is 5.97 Å². The van der Waals surface area contributed by atoms with Gasteiger partial charge >= 0.3 is 5.97 Å². The summed E-state index contributed by atoms with van der Waals surface area (Å²) in [6.45, 7) is 2.29. The molecule has 0 bridgehead atoms. The molecule has 2 N–H and O–H groups in total. The molecule has 3 rings (SSSR count). The van der Waals surface area contributed by atoms with Crippen LogP contribution in [0.15, 0.2) is 70.6 Å². The number of aromatic nitrogens is 2. The standard InChI is InChI=1S/C22H21N3O4S/c1-2-12-29-21(28)16-8-10-17(11-9-16)23-20(27)14-30-22-24-18(13-19(26)25-22)15-6-4-3-5-7-15/h3-11,13H,2,12,14H2,1H3,(H,23,27)(H,24,25,26). The normalized spacial score (nSPS) is 10.4. The smallest absolute Gasteiger partial charge is 0.338 e. The summed E-state index contributed by atoms with van der Waals surface area (Å²) in [6, 6.07) is 17.3. The van der Waals surface area contributed by atoms with Gasteiger partial charge in [-0.05, 0) is 30.7 Å². The van der Waals surface area contributed by atoms with Gasteiger partial charge in [-0.2, -0.15) is 0 Å². The fourth-order valence-electron chi connectivity index (χ4n) is 2.56. The Morgan fingerprint density at radius 3 is 2.53 bits per heavy atom. The van der Waals surface area contributed by atoms with Crippen LogP contribution < -0.4 is 10.9 Å². The molecule has 3 aromatic rings. The maximum Gasteiger partial charge on any atom is 0.338 e. The van der Waals surface area contributed by atoms with Gasteiger partial charge in [-0.15, -0.1) is 0 Å². The maximum absolute atomic E-state index is 12.2. The fourth-order valence-corrected chi connectivity index (χ4v) is 3.23. The number of aromatic amines is 1. The molecule has 8 heteroatoms. The number of carbonyl (C=O) groups is 2. The Kier molecular flexibility index (Phi) is 7.40. The first-order chi connectivity index (χ1) is 14.5. The first-order valence-electron chi connectivity index (χ1n) is 9.42. The molecular weight excluding hydrogens is 402 g/mol. The van der Waals surface area contributed by atoms with Crippen molar-refractivity contribution in [3.8, 4) is 11.3 Å². The summed E-state index contributed by atoms with van der Waals surface area (Å²) in [4.78, 5) is 43.0. The molecule has 0 spiro atoms. The van der Waals surface area contributed by atoms with Gasteiger partial charge in [0.1, 0.15) is 0 Å². The lowest BCUT2D eigenvalue weighted by molar-refractivity contribution is -0.113. The number of amides is 1. The molecule has 1 aromatic heterocycles. The number of benzene rings is 2. The van der Waals surface area contributed by atoms with E-state index >= 15 is 0 Å². The van der Waals surface area contributed by atoms with E-state index in [4.69, 9.17) is 4.74 Å². The number of nitrogens with one attached hydrogen (secondary N) is 2. The van der Waals surface area contributed by atoms with E-state index in [2.05, 4.69) is 15.3 Å². The van der Waals surface area contributed by atoms with Crippen molar-refractivity contribution in [3.05, 3.63) is 76.6 Å². The second-order valence-corrected chi connectivity index (χ2v) is 7.32. The van der Waals surface area contributed by atoms with Crippen molar-refractivity contribution >= 4 is 29.3 Å². The number of hydrogen-bond acceptors (Lipinski definition) is 6. The van der Waals surface area contributed by atoms with Crippen LogP contribution in [-0.4, -0.2) is 34.2 Å². The minimum Gasteiger partial charge on any atom is -0.462 e. The predicted octanol–water partition coefficient (Wildman–Crippen LogP) is 3.73. The van der Waals surface area contributed by atoms with Crippen molar-refractivity contribution in [1.29, 1.82) is 0 Å². The molecular formula is C22H21N3O4S. The molecule has 0 aliphatic rings. The number of ether oxygens (including phenoxy) is 1. The molecule has 2 aromatic carbocycles. The van der Waals surface area contributed by atoms with Crippen LogP contribution >= 0.6 is 11.8 Å². The van der Waals surface area contributed by atoms with Crippen LogP contribution in [0.5, 0.6) is 0 Å². The number of hydrogen-bond donors (Lipinski definition) is 2. The van der Waals surface area contributed by atoms with Crippen molar-refractivity contribution in [2.24, 2.45) is 0 Å². The highest BCUT2D eigenvalue weighted by molar-refractivity contribution is 7.99. The van der Waals surface area contributed by atoms with E-state index in [1.54, 1.807) is 24.3 Å². The largest absolute Gasteiger partial charge is 0.462 e. The van der Waals surface area contributed by atoms with Crippen LogP contribution in [-0.2, 0) is 9.53 Å². The summed E-state index contributed by atoms with van der Waals surface area (Å²) in [5.74, 6) is -0.575. The Hall–Kier alpha value is -3.39. The highest BCUT2D eigenvalue weighted by Gasteiger charge is 2.10. The molecule has 1 heterocycles.